The first-order chi connectivity index (χ1) is 20.3. The molecule has 5 rings (SSSR count). The predicted molar refractivity (Wildman–Crippen MR) is 162 cm³/mol. The molecule has 0 saturated carbocycles. The molecule has 3 amide bonds. The molecule has 0 radical (unpaired) electrons. The molecule has 212 valence electrons. The van der Waals surface area contributed by atoms with Gasteiger partial charge in [-0.1, -0.05) is 78.3 Å². The highest BCUT2D eigenvalue weighted by Gasteiger charge is 2.43. The van der Waals surface area contributed by atoms with Crippen LogP contribution in [-0.4, -0.2) is 46.1 Å². The summed E-state index contributed by atoms with van der Waals surface area (Å²) >= 11 is 6.36. The number of rotatable bonds is 7. The second-order valence-electron chi connectivity index (χ2n) is 10.7. The van der Waals surface area contributed by atoms with Gasteiger partial charge in [0.05, 0.1) is 18.1 Å². The lowest BCUT2D eigenvalue weighted by atomic mass is 9.96. The lowest BCUT2D eigenvalue weighted by molar-refractivity contribution is -0.148. The summed E-state index contributed by atoms with van der Waals surface area (Å²) in [7, 11) is 0. The molecule has 0 bridgehead atoms. The van der Waals surface area contributed by atoms with Gasteiger partial charge in [-0.25, -0.2) is 0 Å². The third-order valence-corrected chi connectivity index (χ3v) is 8.18. The number of benzene rings is 4. The van der Waals surface area contributed by atoms with Crippen LogP contribution in [0.2, 0.25) is 5.02 Å². The summed E-state index contributed by atoms with van der Waals surface area (Å²) in [6, 6.07) is 27.4. The van der Waals surface area contributed by atoms with E-state index in [1.165, 1.54) is 0 Å². The fraction of sp³-hybridized carbons (Fsp3) is 0.235. The molecule has 7 nitrogen and oxygen atoms in total. The lowest BCUT2D eigenvalue weighted by Crippen LogP contribution is -2.52. The van der Waals surface area contributed by atoms with Gasteiger partial charge < -0.3 is 15.5 Å². The van der Waals surface area contributed by atoms with Crippen molar-refractivity contribution in [2.75, 3.05) is 6.54 Å². The zero-order chi connectivity index (χ0) is 29.8. The van der Waals surface area contributed by atoms with E-state index in [2.05, 4.69) is 6.07 Å². The van der Waals surface area contributed by atoms with Gasteiger partial charge in [0.15, 0.2) is 0 Å². The molecule has 8 heteroatoms. The number of carbonyl (C=O) groups is 3. The molecule has 2 N–H and O–H groups in total. The number of amides is 3. The van der Waals surface area contributed by atoms with E-state index in [0.717, 1.165) is 21.9 Å². The van der Waals surface area contributed by atoms with Crippen LogP contribution >= 0.6 is 11.6 Å². The highest BCUT2D eigenvalue weighted by molar-refractivity contribution is 6.30. The predicted octanol–water partition coefficient (Wildman–Crippen LogP) is 5.19. The van der Waals surface area contributed by atoms with E-state index in [0.29, 0.717) is 22.6 Å². The van der Waals surface area contributed by atoms with E-state index in [9.17, 15) is 14.4 Å². The van der Waals surface area contributed by atoms with Crippen LogP contribution in [-0.2, 0) is 27.2 Å². The van der Waals surface area contributed by atoms with Crippen LogP contribution < -0.4 is 5.73 Å². The van der Waals surface area contributed by atoms with Crippen molar-refractivity contribution >= 4 is 40.1 Å². The number of carbonyl (C=O) groups excluding carboxylic acids is 3. The number of halogens is 1. The fourth-order valence-corrected chi connectivity index (χ4v) is 5.99. The smallest absolute Gasteiger partial charge is 0.250 e. The topological polar surface area (TPSA) is 108 Å². The molecular formula is C34H31ClN4O3. The van der Waals surface area contributed by atoms with E-state index in [1.807, 2.05) is 49.4 Å². The van der Waals surface area contributed by atoms with Gasteiger partial charge in [-0.2, -0.15) is 5.26 Å². The molecule has 1 saturated heterocycles. The van der Waals surface area contributed by atoms with E-state index in [4.69, 9.17) is 22.6 Å². The molecule has 42 heavy (non-hydrogen) atoms. The van der Waals surface area contributed by atoms with Crippen molar-refractivity contribution in [1.29, 1.82) is 5.26 Å². The number of nitriles is 1. The Hall–Kier alpha value is -4.67. The minimum Gasteiger partial charge on any atom is -0.368 e. The summed E-state index contributed by atoms with van der Waals surface area (Å²) in [5.41, 5.74) is 8.69. The van der Waals surface area contributed by atoms with Crippen LogP contribution in [0, 0.1) is 11.3 Å². The minimum atomic E-state index is -0.999. The van der Waals surface area contributed by atoms with Gasteiger partial charge in [0.1, 0.15) is 12.1 Å². The van der Waals surface area contributed by atoms with Gasteiger partial charge >= 0.3 is 0 Å². The summed E-state index contributed by atoms with van der Waals surface area (Å²) in [5.74, 6) is -1.22. The standard InChI is InChI=1S/C34H31ClN4O3/c1-22-16-17-38(30(33(37)41)20-26-8-4-7-25-6-2-3-11-29(25)26)34(42)32(27-9-5-10-28(35)19-27)39(22)31(40)18-23-12-14-24(21-36)15-13-23/h2-15,19,22,30,32H,16-18,20H2,1H3,(H2,37,41)/t22-,30?,32+/m1/s1. The quantitative estimate of drug-likeness (QED) is 0.325. The Kier molecular flexibility index (Phi) is 8.56. The minimum absolute atomic E-state index is 0.0512. The fourth-order valence-electron chi connectivity index (χ4n) is 5.79. The molecular weight excluding hydrogens is 548 g/mol. The lowest BCUT2D eigenvalue weighted by Gasteiger charge is -2.36. The maximum absolute atomic E-state index is 14.5. The average molecular weight is 579 g/mol. The van der Waals surface area contributed by atoms with Gasteiger partial charge in [0.2, 0.25) is 11.8 Å². The number of fused-ring (bicyclic) bond motifs is 1. The van der Waals surface area contributed by atoms with Gasteiger partial charge in [-0.05, 0) is 65.1 Å². The average Bonchev–Trinajstić information content (AvgIpc) is 3.11. The van der Waals surface area contributed by atoms with Crippen molar-refractivity contribution in [3.8, 4) is 6.07 Å². The van der Waals surface area contributed by atoms with E-state index < -0.39 is 18.0 Å². The Labute approximate surface area is 250 Å². The second kappa shape index (κ2) is 12.5. The number of nitrogens with two attached hydrogens (primary N) is 1. The van der Waals surface area contributed by atoms with Crippen molar-refractivity contribution in [2.45, 2.75) is 44.3 Å². The Morgan fingerprint density at radius 2 is 1.74 bits per heavy atom. The summed E-state index contributed by atoms with van der Waals surface area (Å²) in [6.45, 7) is 2.17. The van der Waals surface area contributed by atoms with Crippen molar-refractivity contribution in [1.82, 2.24) is 9.80 Å². The first kappa shape index (κ1) is 28.8. The van der Waals surface area contributed by atoms with Crippen LogP contribution in [0.4, 0.5) is 0 Å². The van der Waals surface area contributed by atoms with Crippen LogP contribution in [0.1, 0.15) is 41.6 Å². The largest absolute Gasteiger partial charge is 0.368 e. The number of primary amides is 1. The highest BCUT2D eigenvalue weighted by atomic mass is 35.5. The Bertz CT molecular complexity index is 1680. The summed E-state index contributed by atoms with van der Waals surface area (Å²) in [6.07, 6.45) is 0.759. The first-order valence-corrected chi connectivity index (χ1v) is 14.3. The molecule has 1 heterocycles. The van der Waals surface area contributed by atoms with E-state index >= 15 is 0 Å². The van der Waals surface area contributed by atoms with Crippen LogP contribution in [0.3, 0.4) is 0 Å². The Morgan fingerprint density at radius 1 is 1.02 bits per heavy atom. The van der Waals surface area contributed by atoms with Crippen molar-refractivity contribution < 1.29 is 14.4 Å². The van der Waals surface area contributed by atoms with Gasteiger partial charge in [-0.15, -0.1) is 0 Å². The number of hydrogen-bond donors (Lipinski definition) is 1. The van der Waals surface area contributed by atoms with Gasteiger partial charge in [0.25, 0.3) is 5.91 Å². The first-order valence-electron chi connectivity index (χ1n) is 13.9. The summed E-state index contributed by atoms with van der Waals surface area (Å²) < 4.78 is 0. The number of hydrogen-bond acceptors (Lipinski definition) is 4. The van der Waals surface area contributed by atoms with Crippen molar-refractivity contribution in [3.05, 3.63) is 118 Å². The Morgan fingerprint density at radius 3 is 2.45 bits per heavy atom. The van der Waals surface area contributed by atoms with E-state index in [1.54, 1.807) is 58.3 Å². The second-order valence-corrected chi connectivity index (χ2v) is 11.1. The zero-order valence-corrected chi connectivity index (χ0v) is 24.0. The maximum Gasteiger partial charge on any atom is 0.250 e. The van der Waals surface area contributed by atoms with Crippen LogP contribution in [0.25, 0.3) is 10.8 Å². The molecule has 0 aliphatic carbocycles. The van der Waals surface area contributed by atoms with Crippen molar-refractivity contribution in [3.63, 3.8) is 0 Å². The molecule has 4 aromatic carbocycles. The van der Waals surface area contributed by atoms with Crippen molar-refractivity contribution in [2.24, 2.45) is 5.73 Å². The van der Waals surface area contributed by atoms with E-state index in [-0.39, 0.29) is 37.2 Å². The normalized spacial score (nSPS) is 17.9. The third-order valence-electron chi connectivity index (χ3n) is 7.95. The van der Waals surface area contributed by atoms with Gasteiger partial charge in [0, 0.05) is 24.0 Å². The zero-order valence-electron chi connectivity index (χ0n) is 23.2. The molecule has 0 spiro atoms. The SMILES string of the molecule is C[C@@H]1CCN(C(Cc2cccc3ccccc23)C(N)=O)C(=O)[C@H](c2cccc(Cl)c2)N1C(=O)Cc1ccc(C#N)cc1. The third kappa shape index (κ3) is 6.00. The molecule has 3 atom stereocenters. The molecule has 1 fully saturated rings. The molecule has 1 aliphatic heterocycles. The monoisotopic (exact) mass is 578 g/mol. The number of nitrogens with zero attached hydrogens (tertiary/aromatic N) is 3. The van der Waals surface area contributed by atoms with Crippen LogP contribution in [0.5, 0.6) is 0 Å². The van der Waals surface area contributed by atoms with Gasteiger partial charge in [-0.3, -0.25) is 14.4 Å². The summed E-state index contributed by atoms with van der Waals surface area (Å²) in [5, 5.41) is 11.6. The van der Waals surface area contributed by atoms with Crippen LogP contribution in [0.15, 0.2) is 91.0 Å². The summed E-state index contributed by atoms with van der Waals surface area (Å²) in [4.78, 5) is 44.6. The molecule has 0 aromatic heterocycles. The molecule has 1 aliphatic rings. The maximum atomic E-state index is 14.5. The molecule has 1 unspecified atom stereocenters. The molecule has 4 aromatic rings. The Balaban J connectivity index is 1.53. The highest BCUT2D eigenvalue weighted by Crippen LogP contribution is 2.33.